The average molecular weight is 409 g/mol. The first kappa shape index (κ1) is 17.4. The standard InChI is InChI=1S/C18H17BrO6/c1-21-11-7-5-6-9(14(11)19)15-13-10(18(20)25-15)8-12(22-2)16(23-3)17(13)24-4/h5-8,15H,1-4H3. The molecule has 0 saturated carbocycles. The van der Waals surface area contributed by atoms with Crippen LogP contribution in [-0.2, 0) is 4.74 Å². The van der Waals surface area contributed by atoms with E-state index in [1.807, 2.05) is 18.2 Å². The molecule has 1 unspecified atom stereocenters. The molecule has 0 bridgehead atoms. The Morgan fingerprint density at radius 1 is 0.960 bits per heavy atom. The predicted octanol–water partition coefficient (Wildman–Crippen LogP) is 3.74. The number of ether oxygens (including phenoxy) is 5. The number of rotatable bonds is 5. The molecule has 0 fully saturated rings. The number of methoxy groups -OCH3 is 4. The maximum absolute atomic E-state index is 12.4. The highest BCUT2D eigenvalue weighted by molar-refractivity contribution is 9.10. The third-order valence-corrected chi connectivity index (χ3v) is 4.92. The summed E-state index contributed by atoms with van der Waals surface area (Å²) in [7, 11) is 6.10. The summed E-state index contributed by atoms with van der Waals surface area (Å²) in [5.74, 6) is 1.41. The van der Waals surface area contributed by atoms with E-state index in [1.54, 1.807) is 13.2 Å². The van der Waals surface area contributed by atoms with Crippen molar-refractivity contribution in [1.29, 1.82) is 0 Å². The number of esters is 1. The lowest BCUT2D eigenvalue weighted by Crippen LogP contribution is -2.05. The number of hydrogen-bond acceptors (Lipinski definition) is 6. The molecule has 1 heterocycles. The fourth-order valence-electron chi connectivity index (χ4n) is 2.94. The van der Waals surface area contributed by atoms with Crippen LogP contribution in [-0.4, -0.2) is 34.4 Å². The summed E-state index contributed by atoms with van der Waals surface area (Å²) in [5, 5.41) is 0. The highest BCUT2D eigenvalue weighted by Crippen LogP contribution is 2.51. The predicted molar refractivity (Wildman–Crippen MR) is 94.1 cm³/mol. The van der Waals surface area contributed by atoms with E-state index >= 15 is 0 Å². The first-order chi connectivity index (χ1) is 12.1. The van der Waals surface area contributed by atoms with E-state index in [1.165, 1.54) is 21.3 Å². The van der Waals surface area contributed by atoms with E-state index < -0.39 is 12.1 Å². The normalized spacial score (nSPS) is 15.4. The smallest absolute Gasteiger partial charge is 0.339 e. The number of hydrogen-bond donors (Lipinski definition) is 0. The van der Waals surface area contributed by atoms with Crippen molar-refractivity contribution in [2.45, 2.75) is 6.10 Å². The van der Waals surface area contributed by atoms with Crippen molar-refractivity contribution in [3.63, 3.8) is 0 Å². The Hall–Kier alpha value is -2.41. The minimum Gasteiger partial charge on any atom is -0.496 e. The second-order valence-electron chi connectivity index (χ2n) is 5.26. The largest absolute Gasteiger partial charge is 0.496 e. The molecule has 2 aromatic rings. The van der Waals surface area contributed by atoms with Crippen LogP contribution in [0.25, 0.3) is 0 Å². The quantitative estimate of drug-likeness (QED) is 0.702. The topological polar surface area (TPSA) is 63.2 Å². The summed E-state index contributed by atoms with van der Waals surface area (Å²) >= 11 is 3.52. The van der Waals surface area contributed by atoms with Crippen molar-refractivity contribution in [2.24, 2.45) is 0 Å². The molecular formula is C18H17BrO6. The Balaban J connectivity index is 2.26. The van der Waals surface area contributed by atoms with Crippen molar-refractivity contribution >= 4 is 21.9 Å². The number of carbonyl (C=O) groups excluding carboxylic acids is 1. The van der Waals surface area contributed by atoms with Crippen molar-refractivity contribution in [2.75, 3.05) is 28.4 Å². The summed E-state index contributed by atoms with van der Waals surface area (Å²) in [6.07, 6.45) is -0.651. The van der Waals surface area contributed by atoms with E-state index in [9.17, 15) is 4.79 Å². The fourth-order valence-corrected chi connectivity index (χ4v) is 3.58. The Kier molecular flexibility index (Phi) is 4.76. The molecule has 0 spiro atoms. The number of carbonyl (C=O) groups is 1. The summed E-state index contributed by atoms with van der Waals surface area (Å²) in [4.78, 5) is 12.4. The Labute approximate surface area is 153 Å². The maximum Gasteiger partial charge on any atom is 0.339 e. The number of cyclic esters (lactones) is 1. The van der Waals surface area contributed by atoms with E-state index in [0.717, 1.165) is 5.56 Å². The molecule has 0 saturated heterocycles. The number of halogens is 1. The monoisotopic (exact) mass is 408 g/mol. The minimum atomic E-state index is -0.651. The van der Waals surface area contributed by atoms with Gasteiger partial charge < -0.3 is 23.7 Å². The SMILES string of the molecule is COc1cccc(C2OC(=O)c3cc(OC)c(OC)c(OC)c32)c1Br. The molecule has 1 aliphatic heterocycles. The lowest BCUT2D eigenvalue weighted by atomic mass is 9.97. The van der Waals surface area contributed by atoms with Gasteiger partial charge in [-0.3, -0.25) is 0 Å². The molecule has 0 radical (unpaired) electrons. The second kappa shape index (κ2) is 6.84. The van der Waals surface area contributed by atoms with Gasteiger partial charge in [-0.05, 0) is 28.1 Å². The highest BCUT2D eigenvalue weighted by Gasteiger charge is 2.39. The Morgan fingerprint density at radius 2 is 1.64 bits per heavy atom. The van der Waals surface area contributed by atoms with Crippen molar-refractivity contribution < 1.29 is 28.5 Å². The van der Waals surface area contributed by atoms with Crippen LogP contribution in [0.1, 0.15) is 27.6 Å². The number of benzene rings is 2. The van der Waals surface area contributed by atoms with Crippen molar-refractivity contribution in [3.8, 4) is 23.0 Å². The van der Waals surface area contributed by atoms with Gasteiger partial charge in [0.15, 0.2) is 17.6 Å². The van der Waals surface area contributed by atoms with Crippen LogP contribution in [0.4, 0.5) is 0 Å². The molecular weight excluding hydrogens is 392 g/mol. The lowest BCUT2D eigenvalue weighted by Gasteiger charge is -2.19. The van der Waals surface area contributed by atoms with Gasteiger partial charge in [-0.2, -0.15) is 0 Å². The Bertz CT molecular complexity index is 833. The molecule has 1 aliphatic rings. The van der Waals surface area contributed by atoms with E-state index in [4.69, 9.17) is 23.7 Å². The summed E-state index contributed by atoms with van der Waals surface area (Å²) in [6, 6.07) is 7.11. The summed E-state index contributed by atoms with van der Waals surface area (Å²) in [6.45, 7) is 0. The molecule has 2 aromatic carbocycles. The second-order valence-corrected chi connectivity index (χ2v) is 6.05. The van der Waals surface area contributed by atoms with Gasteiger partial charge >= 0.3 is 5.97 Å². The van der Waals surface area contributed by atoms with E-state index in [0.29, 0.717) is 38.6 Å². The van der Waals surface area contributed by atoms with Gasteiger partial charge in [-0.15, -0.1) is 0 Å². The molecule has 6 nitrogen and oxygen atoms in total. The van der Waals surface area contributed by atoms with Gasteiger partial charge in [-0.1, -0.05) is 12.1 Å². The maximum atomic E-state index is 12.4. The van der Waals surface area contributed by atoms with Crippen LogP contribution in [0.2, 0.25) is 0 Å². The summed E-state index contributed by atoms with van der Waals surface area (Å²) in [5.41, 5.74) is 1.73. The molecule has 1 atom stereocenters. The van der Waals surface area contributed by atoms with Crippen LogP contribution in [0.5, 0.6) is 23.0 Å². The van der Waals surface area contributed by atoms with Gasteiger partial charge in [0, 0.05) is 5.56 Å². The zero-order valence-corrected chi connectivity index (χ0v) is 15.8. The first-order valence-electron chi connectivity index (χ1n) is 7.43. The molecule has 132 valence electrons. The van der Waals surface area contributed by atoms with Crippen LogP contribution >= 0.6 is 15.9 Å². The third kappa shape index (κ3) is 2.68. The molecule has 0 N–H and O–H groups in total. The van der Waals surface area contributed by atoms with Gasteiger partial charge in [0.25, 0.3) is 0 Å². The minimum absolute atomic E-state index is 0.384. The van der Waals surface area contributed by atoms with Crippen molar-refractivity contribution in [1.82, 2.24) is 0 Å². The third-order valence-electron chi connectivity index (χ3n) is 4.07. The average Bonchev–Trinajstić information content (AvgIpc) is 2.96. The van der Waals surface area contributed by atoms with Crippen LogP contribution in [0.3, 0.4) is 0 Å². The molecule has 3 rings (SSSR count). The van der Waals surface area contributed by atoms with Crippen molar-refractivity contribution in [3.05, 3.63) is 45.4 Å². The van der Waals surface area contributed by atoms with Crippen LogP contribution < -0.4 is 18.9 Å². The molecule has 25 heavy (non-hydrogen) atoms. The molecule has 0 amide bonds. The fraction of sp³-hybridized carbons (Fsp3) is 0.278. The first-order valence-corrected chi connectivity index (χ1v) is 8.22. The molecule has 0 aliphatic carbocycles. The van der Waals surface area contributed by atoms with Crippen LogP contribution in [0, 0.1) is 0 Å². The van der Waals surface area contributed by atoms with Gasteiger partial charge in [-0.25, -0.2) is 4.79 Å². The van der Waals surface area contributed by atoms with Crippen LogP contribution in [0.15, 0.2) is 28.7 Å². The Morgan fingerprint density at radius 3 is 2.24 bits per heavy atom. The highest BCUT2D eigenvalue weighted by atomic mass is 79.9. The summed E-state index contributed by atoms with van der Waals surface area (Å²) < 4.78 is 27.9. The van der Waals surface area contributed by atoms with E-state index in [2.05, 4.69) is 15.9 Å². The van der Waals surface area contributed by atoms with Gasteiger partial charge in [0.1, 0.15) is 5.75 Å². The molecule has 0 aromatic heterocycles. The zero-order valence-electron chi connectivity index (χ0n) is 14.2. The van der Waals surface area contributed by atoms with Gasteiger partial charge in [0.05, 0.1) is 44.0 Å². The lowest BCUT2D eigenvalue weighted by molar-refractivity contribution is 0.0452. The number of fused-ring (bicyclic) bond motifs is 1. The van der Waals surface area contributed by atoms with E-state index in [-0.39, 0.29) is 0 Å². The molecule has 7 heteroatoms. The zero-order chi connectivity index (χ0) is 18.1. The van der Waals surface area contributed by atoms with Gasteiger partial charge in [0.2, 0.25) is 5.75 Å².